The van der Waals surface area contributed by atoms with Gasteiger partial charge < -0.3 is 0 Å². The number of fused-ring (bicyclic) bond motifs is 1. The van der Waals surface area contributed by atoms with E-state index in [4.69, 9.17) is 0 Å². The molecule has 0 saturated heterocycles. The molecular formula is C16H26O. The molecule has 1 nitrogen and oxygen atoms in total. The molecule has 0 aromatic rings. The van der Waals surface area contributed by atoms with Crippen molar-refractivity contribution in [3.05, 3.63) is 11.6 Å². The fraction of sp³-hybridized carbons (Fsp3) is 0.812. The summed E-state index contributed by atoms with van der Waals surface area (Å²) in [6.45, 7) is 11.0. The molecule has 1 fully saturated rings. The largest absolute Gasteiger partial charge is 0.299 e. The van der Waals surface area contributed by atoms with Gasteiger partial charge in [-0.25, -0.2) is 0 Å². The van der Waals surface area contributed by atoms with Crippen molar-refractivity contribution >= 4 is 5.78 Å². The van der Waals surface area contributed by atoms with Crippen LogP contribution in [0, 0.1) is 22.7 Å². The molecule has 17 heavy (non-hydrogen) atoms. The summed E-state index contributed by atoms with van der Waals surface area (Å²) in [5, 5.41) is 0. The zero-order valence-corrected chi connectivity index (χ0v) is 12.0. The smallest absolute Gasteiger partial charge is 0.136 e. The number of rotatable bonds is 1. The van der Waals surface area contributed by atoms with Crippen LogP contribution in [0.4, 0.5) is 0 Å². The molecule has 1 heteroatoms. The first-order valence-electron chi connectivity index (χ1n) is 6.99. The minimum Gasteiger partial charge on any atom is -0.299 e. The highest BCUT2D eigenvalue weighted by molar-refractivity contribution is 5.82. The molecule has 0 N–H and O–H groups in total. The maximum Gasteiger partial charge on any atom is 0.136 e. The fourth-order valence-electron chi connectivity index (χ4n) is 4.15. The molecule has 0 bridgehead atoms. The van der Waals surface area contributed by atoms with Gasteiger partial charge in [-0.2, -0.15) is 0 Å². The van der Waals surface area contributed by atoms with E-state index in [1.165, 1.54) is 19.3 Å². The molecular weight excluding hydrogens is 208 g/mol. The predicted octanol–water partition coefficient (Wildman–Crippen LogP) is 4.37. The zero-order valence-electron chi connectivity index (χ0n) is 12.0. The third kappa shape index (κ3) is 1.88. The van der Waals surface area contributed by atoms with Crippen LogP contribution in [0.5, 0.6) is 0 Å². The maximum absolute atomic E-state index is 12.0. The molecule has 2 aliphatic rings. The SMILES string of the molecule is CC(=O)[C@@]1(C)CC=C2CCCC(C)(C)C2[C@@H]1C. The molecule has 0 radical (unpaired) electrons. The molecule has 96 valence electrons. The fourth-order valence-corrected chi connectivity index (χ4v) is 4.15. The third-order valence-corrected chi connectivity index (χ3v) is 5.63. The van der Waals surface area contributed by atoms with Crippen molar-refractivity contribution < 1.29 is 4.79 Å². The number of carbonyl (C=O) groups is 1. The van der Waals surface area contributed by atoms with Gasteiger partial charge in [-0.15, -0.1) is 0 Å². The summed E-state index contributed by atoms with van der Waals surface area (Å²) in [4.78, 5) is 12.0. The minimum absolute atomic E-state index is 0.136. The third-order valence-electron chi connectivity index (χ3n) is 5.63. The van der Waals surface area contributed by atoms with E-state index in [1.807, 2.05) is 0 Å². The molecule has 1 unspecified atom stereocenters. The van der Waals surface area contributed by atoms with Crippen molar-refractivity contribution in [1.29, 1.82) is 0 Å². The normalized spacial score (nSPS) is 40.4. The summed E-state index contributed by atoms with van der Waals surface area (Å²) in [7, 11) is 0. The Morgan fingerprint density at radius 3 is 2.59 bits per heavy atom. The van der Waals surface area contributed by atoms with Crippen LogP contribution in [0.25, 0.3) is 0 Å². The molecule has 3 atom stereocenters. The van der Waals surface area contributed by atoms with Gasteiger partial charge in [-0.3, -0.25) is 4.79 Å². The van der Waals surface area contributed by atoms with Gasteiger partial charge in [0.15, 0.2) is 0 Å². The Kier molecular flexibility index (Phi) is 3.00. The average molecular weight is 234 g/mol. The average Bonchev–Trinajstić information content (AvgIpc) is 2.22. The molecule has 2 aliphatic carbocycles. The minimum atomic E-state index is -0.136. The number of carbonyl (C=O) groups excluding carboxylic acids is 1. The first kappa shape index (κ1) is 12.9. The highest BCUT2D eigenvalue weighted by Gasteiger charge is 2.49. The van der Waals surface area contributed by atoms with Crippen LogP contribution in [0.15, 0.2) is 11.6 Å². The summed E-state index contributed by atoms with van der Waals surface area (Å²) >= 11 is 0. The highest BCUT2D eigenvalue weighted by Crippen LogP contribution is 2.55. The topological polar surface area (TPSA) is 17.1 Å². The van der Waals surface area contributed by atoms with Gasteiger partial charge in [0, 0.05) is 5.41 Å². The summed E-state index contributed by atoms with van der Waals surface area (Å²) < 4.78 is 0. The lowest BCUT2D eigenvalue weighted by molar-refractivity contribution is -0.131. The quantitative estimate of drug-likeness (QED) is 0.616. The monoisotopic (exact) mass is 234 g/mol. The van der Waals surface area contributed by atoms with Crippen LogP contribution >= 0.6 is 0 Å². The molecule has 0 aromatic carbocycles. The van der Waals surface area contributed by atoms with E-state index in [1.54, 1.807) is 12.5 Å². The molecule has 0 heterocycles. The lowest BCUT2D eigenvalue weighted by Gasteiger charge is -2.52. The van der Waals surface area contributed by atoms with E-state index in [9.17, 15) is 4.79 Å². The lowest BCUT2D eigenvalue weighted by atomic mass is 9.52. The molecule has 0 aromatic heterocycles. The Bertz CT molecular complexity index is 364. The number of ketones is 1. The van der Waals surface area contributed by atoms with Crippen molar-refractivity contribution in [3.63, 3.8) is 0 Å². The summed E-state index contributed by atoms with van der Waals surface area (Å²) in [5.74, 6) is 1.45. The Labute approximate surface area is 106 Å². The van der Waals surface area contributed by atoms with E-state index in [2.05, 4.69) is 33.8 Å². The molecule has 0 amide bonds. The van der Waals surface area contributed by atoms with Crippen LogP contribution < -0.4 is 0 Å². The van der Waals surface area contributed by atoms with Gasteiger partial charge in [0.25, 0.3) is 0 Å². The van der Waals surface area contributed by atoms with Crippen molar-refractivity contribution in [1.82, 2.24) is 0 Å². The van der Waals surface area contributed by atoms with Crippen molar-refractivity contribution in [2.75, 3.05) is 0 Å². The molecule has 0 aliphatic heterocycles. The first-order valence-corrected chi connectivity index (χ1v) is 6.99. The second-order valence-electron chi connectivity index (χ2n) is 7.07. The van der Waals surface area contributed by atoms with E-state index < -0.39 is 0 Å². The lowest BCUT2D eigenvalue weighted by Crippen LogP contribution is -2.46. The summed E-state index contributed by atoms with van der Waals surface area (Å²) in [6, 6.07) is 0. The Balaban J connectivity index is 2.41. The number of hydrogen-bond donors (Lipinski definition) is 0. The van der Waals surface area contributed by atoms with Gasteiger partial charge >= 0.3 is 0 Å². The van der Waals surface area contributed by atoms with Gasteiger partial charge in [0.1, 0.15) is 5.78 Å². The van der Waals surface area contributed by atoms with Crippen LogP contribution in [0.2, 0.25) is 0 Å². The van der Waals surface area contributed by atoms with E-state index in [-0.39, 0.29) is 5.41 Å². The standard InChI is InChI=1S/C16H26O/c1-11-14-13(7-6-9-15(14,3)4)8-10-16(11,5)12(2)17/h8,11,14H,6-7,9-10H2,1-5H3/t11-,14?,16-/m0/s1. The van der Waals surface area contributed by atoms with Crippen LogP contribution in [0.1, 0.15) is 60.3 Å². The zero-order chi connectivity index (χ0) is 12.8. The van der Waals surface area contributed by atoms with Gasteiger partial charge in [0.2, 0.25) is 0 Å². The van der Waals surface area contributed by atoms with Gasteiger partial charge in [0.05, 0.1) is 0 Å². The summed E-state index contributed by atoms with van der Waals surface area (Å²) in [5.41, 5.74) is 1.86. The van der Waals surface area contributed by atoms with Crippen molar-refractivity contribution in [3.8, 4) is 0 Å². The number of hydrogen-bond acceptors (Lipinski definition) is 1. The maximum atomic E-state index is 12.0. The van der Waals surface area contributed by atoms with E-state index in [0.717, 1.165) is 6.42 Å². The van der Waals surface area contributed by atoms with Crippen molar-refractivity contribution in [2.24, 2.45) is 22.7 Å². The van der Waals surface area contributed by atoms with E-state index in [0.29, 0.717) is 23.0 Å². The van der Waals surface area contributed by atoms with Crippen LogP contribution in [-0.2, 0) is 4.79 Å². The highest BCUT2D eigenvalue weighted by atomic mass is 16.1. The van der Waals surface area contributed by atoms with Crippen molar-refractivity contribution in [2.45, 2.75) is 60.3 Å². The molecule has 1 saturated carbocycles. The Morgan fingerprint density at radius 2 is 2.00 bits per heavy atom. The Morgan fingerprint density at radius 1 is 1.35 bits per heavy atom. The van der Waals surface area contributed by atoms with Crippen LogP contribution in [0.3, 0.4) is 0 Å². The van der Waals surface area contributed by atoms with Gasteiger partial charge in [-0.05, 0) is 49.9 Å². The van der Waals surface area contributed by atoms with E-state index >= 15 is 0 Å². The first-order chi connectivity index (χ1) is 7.79. The number of allylic oxidation sites excluding steroid dienone is 2. The van der Waals surface area contributed by atoms with Crippen LogP contribution in [-0.4, -0.2) is 5.78 Å². The molecule has 0 spiro atoms. The Hall–Kier alpha value is -0.590. The second kappa shape index (κ2) is 3.96. The predicted molar refractivity (Wildman–Crippen MR) is 71.8 cm³/mol. The van der Waals surface area contributed by atoms with Gasteiger partial charge in [-0.1, -0.05) is 39.3 Å². The summed E-state index contributed by atoms with van der Waals surface area (Å²) in [6.07, 6.45) is 7.21. The molecule has 2 rings (SSSR count). The second-order valence-corrected chi connectivity index (χ2v) is 7.07. The number of Topliss-reactive ketones (excluding diaryl/α,β-unsaturated/α-hetero) is 1.